The lowest BCUT2D eigenvalue weighted by Gasteiger charge is -2.26. The van der Waals surface area contributed by atoms with Gasteiger partial charge in [0.2, 0.25) is 0 Å². The van der Waals surface area contributed by atoms with Crippen molar-refractivity contribution in [2.24, 2.45) is 4.99 Å². The molecule has 0 heterocycles. The molecule has 5 nitrogen and oxygen atoms in total. The summed E-state index contributed by atoms with van der Waals surface area (Å²) in [5.74, 6) is 0.197. The van der Waals surface area contributed by atoms with E-state index in [0.717, 1.165) is 5.56 Å². The zero-order chi connectivity index (χ0) is 19.9. The molecule has 154 valence electrons. The number of rotatable bonds is 7. The highest BCUT2D eigenvalue weighted by Gasteiger charge is 2.21. The topological polar surface area (TPSA) is 70.6 Å². The van der Waals surface area contributed by atoms with Gasteiger partial charge in [-0.25, -0.2) is 12.8 Å². The van der Waals surface area contributed by atoms with E-state index in [9.17, 15) is 12.8 Å². The second-order valence-corrected chi connectivity index (χ2v) is 8.99. The van der Waals surface area contributed by atoms with Crippen molar-refractivity contribution in [3.05, 3.63) is 66.0 Å². The first kappa shape index (κ1) is 24.4. The van der Waals surface area contributed by atoms with Crippen molar-refractivity contribution in [1.29, 1.82) is 0 Å². The van der Waals surface area contributed by atoms with Gasteiger partial charge in [-0.05, 0) is 29.8 Å². The zero-order valence-corrected chi connectivity index (χ0v) is 19.4. The molecule has 0 spiro atoms. The van der Waals surface area contributed by atoms with Crippen molar-refractivity contribution in [3.63, 3.8) is 0 Å². The Morgan fingerprint density at radius 3 is 2.36 bits per heavy atom. The number of nitrogens with zero attached hydrogens (tertiary/aromatic N) is 1. The summed E-state index contributed by atoms with van der Waals surface area (Å²) in [5.41, 5.74) is 0.549. The van der Waals surface area contributed by atoms with E-state index >= 15 is 0 Å². The first-order valence-corrected chi connectivity index (χ1v) is 10.4. The molecule has 0 saturated heterocycles. The smallest absolute Gasteiger partial charge is 0.191 e. The molecule has 2 N–H and O–H groups in total. The molecule has 0 aromatic heterocycles. The predicted molar refractivity (Wildman–Crippen MR) is 123 cm³/mol. The molecule has 28 heavy (non-hydrogen) atoms. The number of hydrogen-bond acceptors (Lipinski definition) is 3. The summed E-state index contributed by atoms with van der Waals surface area (Å²) in [6.45, 7) is 4.75. The van der Waals surface area contributed by atoms with Crippen molar-refractivity contribution in [2.75, 3.05) is 25.9 Å². The van der Waals surface area contributed by atoms with Crippen molar-refractivity contribution in [1.82, 2.24) is 10.6 Å². The molecule has 8 heteroatoms. The Bertz CT molecular complexity index is 887. The number of halogens is 2. The third-order valence-electron chi connectivity index (χ3n) is 4.29. The van der Waals surface area contributed by atoms with Gasteiger partial charge in [0, 0.05) is 25.6 Å². The van der Waals surface area contributed by atoms with Crippen LogP contribution in [0, 0.1) is 5.82 Å². The molecule has 0 aliphatic heterocycles. The van der Waals surface area contributed by atoms with Gasteiger partial charge in [-0.15, -0.1) is 24.0 Å². The van der Waals surface area contributed by atoms with Crippen LogP contribution in [0.15, 0.2) is 64.5 Å². The highest BCUT2D eigenvalue weighted by atomic mass is 127. The minimum absolute atomic E-state index is 0. The van der Waals surface area contributed by atoms with E-state index in [-0.39, 0.29) is 47.5 Å². The van der Waals surface area contributed by atoms with Crippen molar-refractivity contribution >= 4 is 39.8 Å². The molecule has 0 unspecified atom stereocenters. The molecule has 0 fully saturated rings. The van der Waals surface area contributed by atoms with E-state index in [1.165, 1.54) is 12.1 Å². The number of aliphatic imine (C=N–C) groups is 1. The van der Waals surface area contributed by atoms with Crippen molar-refractivity contribution < 1.29 is 12.8 Å². The van der Waals surface area contributed by atoms with E-state index in [0.29, 0.717) is 17.4 Å². The van der Waals surface area contributed by atoms with Crippen LogP contribution in [-0.4, -0.2) is 40.3 Å². The summed E-state index contributed by atoms with van der Waals surface area (Å²) < 4.78 is 38.1. The summed E-state index contributed by atoms with van der Waals surface area (Å²) >= 11 is 0. The fourth-order valence-electron chi connectivity index (χ4n) is 2.59. The lowest BCUT2D eigenvalue weighted by molar-refractivity contribution is 0.503. The van der Waals surface area contributed by atoms with Crippen molar-refractivity contribution in [2.45, 2.75) is 24.2 Å². The van der Waals surface area contributed by atoms with E-state index in [1.807, 2.05) is 19.9 Å². The monoisotopic (exact) mass is 519 g/mol. The molecule has 0 saturated carbocycles. The van der Waals surface area contributed by atoms with Gasteiger partial charge in [-0.3, -0.25) is 4.99 Å². The average Bonchev–Trinajstić information content (AvgIpc) is 2.65. The van der Waals surface area contributed by atoms with Gasteiger partial charge in [0.15, 0.2) is 15.8 Å². The molecule has 2 rings (SSSR count). The molecule has 0 atom stereocenters. The molecule has 0 aliphatic rings. The maximum atomic E-state index is 13.5. The first-order valence-electron chi connectivity index (χ1n) is 8.73. The van der Waals surface area contributed by atoms with Gasteiger partial charge >= 0.3 is 0 Å². The van der Waals surface area contributed by atoms with Crippen LogP contribution in [0.5, 0.6) is 0 Å². The lowest BCUT2D eigenvalue weighted by atomic mass is 9.84. The number of nitrogens with one attached hydrogen (secondary N) is 2. The second kappa shape index (κ2) is 10.8. The molecular formula is C20H27FIN3O2S. The van der Waals surface area contributed by atoms with Gasteiger partial charge < -0.3 is 10.6 Å². The van der Waals surface area contributed by atoms with E-state index < -0.39 is 9.84 Å². The Morgan fingerprint density at radius 1 is 1.07 bits per heavy atom. The summed E-state index contributed by atoms with van der Waals surface area (Å²) in [6, 6.07) is 14.9. The molecule has 0 radical (unpaired) electrons. The third kappa shape index (κ3) is 7.05. The Labute approximate surface area is 183 Å². The van der Waals surface area contributed by atoms with Crippen LogP contribution in [-0.2, 0) is 15.3 Å². The largest absolute Gasteiger partial charge is 0.356 e. The summed E-state index contributed by atoms with van der Waals surface area (Å²) in [4.78, 5) is 4.43. The fourth-order valence-corrected chi connectivity index (χ4v) is 3.76. The van der Waals surface area contributed by atoms with Gasteiger partial charge in [-0.2, -0.15) is 0 Å². The lowest BCUT2D eigenvalue weighted by Crippen LogP contribution is -2.44. The van der Waals surface area contributed by atoms with Gasteiger partial charge in [0.1, 0.15) is 5.82 Å². The Kier molecular flexibility index (Phi) is 9.35. The molecular weight excluding hydrogens is 492 g/mol. The van der Waals surface area contributed by atoms with E-state index in [4.69, 9.17) is 0 Å². The average molecular weight is 519 g/mol. The van der Waals surface area contributed by atoms with Crippen LogP contribution in [0.3, 0.4) is 0 Å². The summed E-state index contributed by atoms with van der Waals surface area (Å²) in [5, 5.41) is 6.19. The number of benzene rings is 2. The molecule has 0 bridgehead atoms. The van der Waals surface area contributed by atoms with Gasteiger partial charge in [0.05, 0.1) is 10.6 Å². The van der Waals surface area contributed by atoms with Crippen LogP contribution >= 0.6 is 24.0 Å². The number of hydrogen-bond donors (Lipinski definition) is 2. The van der Waals surface area contributed by atoms with E-state index in [2.05, 4.69) is 15.6 Å². The Hall–Kier alpha value is -1.68. The van der Waals surface area contributed by atoms with Crippen LogP contribution in [0.4, 0.5) is 4.39 Å². The highest BCUT2D eigenvalue weighted by molar-refractivity contribution is 14.0. The summed E-state index contributed by atoms with van der Waals surface area (Å²) in [7, 11) is -1.72. The fraction of sp³-hybridized carbons (Fsp3) is 0.350. The number of guanidine groups is 1. The molecule has 2 aromatic rings. The quantitative estimate of drug-likeness (QED) is 0.335. The number of sulfone groups is 1. The van der Waals surface area contributed by atoms with Crippen molar-refractivity contribution in [3.8, 4) is 0 Å². The predicted octanol–water partition coefficient (Wildman–Crippen LogP) is 3.36. The van der Waals surface area contributed by atoms with Gasteiger partial charge in [-0.1, -0.05) is 44.2 Å². The van der Waals surface area contributed by atoms with E-state index in [1.54, 1.807) is 43.4 Å². The summed E-state index contributed by atoms with van der Waals surface area (Å²) in [6.07, 6.45) is 0. The maximum absolute atomic E-state index is 13.5. The minimum atomic E-state index is -3.34. The zero-order valence-electron chi connectivity index (χ0n) is 16.3. The Balaban J connectivity index is 0.00000392. The minimum Gasteiger partial charge on any atom is -0.356 e. The van der Waals surface area contributed by atoms with Crippen LogP contribution < -0.4 is 10.6 Å². The van der Waals surface area contributed by atoms with Crippen LogP contribution in [0.25, 0.3) is 0 Å². The normalized spacial score (nSPS) is 12.2. The molecule has 2 aromatic carbocycles. The SMILES string of the molecule is CN=C(NCCS(=O)(=O)c1ccccc1)NCC(C)(C)c1cccc(F)c1.I. The third-order valence-corrected chi connectivity index (χ3v) is 6.03. The maximum Gasteiger partial charge on any atom is 0.191 e. The standard InChI is InChI=1S/C20H26FN3O2S.HI/c1-20(2,16-8-7-9-17(21)14-16)15-24-19(22-3)23-12-13-27(25,26)18-10-5-4-6-11-18;/h4-11,14H,12-13,15H2,1-3H3,(H2,22,23,24);1H. The Morgan fingerprint density at radius 2 is 1.75 bits per heavy atom. The second-order valence-electron chi connectivity index (χ2n) is 6.88. The van der Waals surface area contributed by atoms with Crippen LogP contribution in [0.1, 0.15) is 19.4 Å². The highest BCUT2D eigenvalue weighted by Crippen LogP contribution is 2.22. The molecule has 0 amide bonds. The molecule has 0 aliphatic carbocycles. The van der Waals surface area contributed by atoms with Gasteiger partial charge in [0.25, 0.3) is 0 Å². The van der Waals surface area contributed by atoms with Crippen LogP contribution in [0.2, 0.25) is 0 Å². The first-order chi connectivity index (χ1) is 12.7.